The average Bonchev–Trinajstić information content (AvgIpc) is 2.48. The molecule has 0 fully saturated rings. The van der Waals surface area contributed by atoms with Crippen molar-refractivity contribution in [1.82, 2.24) is 9.97 Å². The van der Waals surface area contributed by atoms with Crippen molar-refractivity contribution in [3.8, 4) is 11.6 Å². The van der Waals surface area contributed by atoms with E-state index >= 15 is 0 Å². The Morgan fingerprint density at radius 2 is 1.85 bits per heavy atom. The van der Waals surface area contributed by atoms with Crippen LogP contribution in [0.2, 0.25) is 0 Å². The zero-order valence-corrected chi connectivity index (χ0v) is 12.3. The van der Waals surface area contributed by atoms with E-state index in [1.54, 1.807) is 0 Å². The molecule has 2 rings (SSSR count). The number of hydrogen-bond donors (Lipinski definition) is 1. The third-order valence-corrected chi connectivity index (χ3v) is 2.99. The quantitative estimate of drug-likeness (QED) is 0.867. The number of nitrogens with zero attached hydrogens (tertiary/aromatic N) is 2. The molecule has 1 aromatic heterocycles. The molecule has 20 heavy (non-hydrogen) atoms. The van der Waals surface area contributed by atoms with Gasteiger partial charge >= 0.3 is 0 Å². The van der Waals surface area contributed by atoms with Gasteiger partial charge in [0.1, 0.15) is 17.4 Å². The maximum atomic E-state index is 5.94. The van der Waals surface area contributed by atoms with Crippen LogP contribution in [-0.2, 0) is 12.8 Å². The van der Waals surface area contributed by atoms with E-state index in [9.17, 15) is 0 Å². The number of aromatic nitrogens is 2. The molecule has 0 spiro atoms. The lowest BCUT2D eigenvalue weighted by Crippen LogP contribution is -2.04. The minimum atomic E-state index is 0.591. The molecule has 0 aliphatic heterocycles. The molecule has 4 nitrogen and oxygen atoms in total. The zero-order chi connectivity index (χ0) is 14.4. The van der Waals surface area contributed by atoms with Gasteiger partial charge in [-0.2, -0.15) is 4.98 Å². The van der Waals surface area contributed by atoms with Crippen molar-refractivity contribution >= 4 is 5.82 Å². The maximum absolute atomic E-state index is 5.94. The number of anilines is 1. The van der Waals surface area contributed by atoms with Crippen LogP contribution < -0.4 is 10.1 Å². The van der Waals surface area contributed by atoms with E-state index in [0.29, 0.717) is 5.88 Å². The number of hydrogen-bond acceptors (Lipinski definition) is 4. The molecular weight excluding hydrogens is 250 g/mol. The van der Waals surface area contributed by atoms with Gasteiger partial charge in [0.15, 0.2) is 0 Å². The van der Waals surface area contributed by atoms with Gasteiger partial charge in [-0.15, -0.1) is 0 Å². The summed E-state index contributed by atoms with van der Waals surface area (Å²) >= 11 is 0. The van der Waals surface area contributed by atoms with Gasteiger partial charge in [0.2, 0.25) is 5.88 Å². The lowest BCUT2D eigenvalue weighted by Gasteiger charge is -2.11. The van der Waals surface area contributed by atoms with Crippen molar-refractivity contribution in [2.45, 2.75) is 33.6 Å². The Hall–Kier alpha value is -2.10. The molecule has 106 valence electrons. The standard InChI is InChI=1S/C16H21N3O/c1-4-12-9-7-8-10-13(12)20-16-11-15(17-6-3)18-14(5-2)19-16/h7-11H,4-6H2,1-3H3,(H,17,18,19). The molecule has 0 aliphatic rings. The number of ether oxygens (including phenoxy) is 1. The molecule has 2 aromatic rings. The van der Waals surface area contributed by atoms with Gasteiger partial charge < -0.3 is 10.1 Å². The van der Waals surface area contributed by atoms with Crippen molar-refractivity contribution in [2.24, 2.45) is 0 Å². The summed E-state index contributed by atoms with van der Waals surface area (Å²) in [5, 5.41) is 3.21. The number of aryl methyl sites for hydroxylation is 2. The largest absolute Gasteiger partial charge is 0.439 e. The summed E-state index contributed by atoms with van der Waals surface area (Å²) in [6, 6.07) is 9.88. The van der Waals surface area contributed by atoms with E-state index in [4.69, 9.17) is 4.74 Å². The molecule has 1 heterocycles. The van der Waals surface area contributed by atoms with Crippen molar-refractivity contribution in [3.63, 3.8) is 0 Å². The Balaban J connectivity index is 2.30. The van der Waals surface area contributed by atoms with Gasteiger partial charge in [-0.3, -0.25) is 0 Å². The minimum Gasteiger partial charge on any atom is -0.439 e. The molecule has 0 unspecified atom stereocenters. The lowest BCUT2D eigenvalue weighted by molar-refractivity contribution is 0.454. The summed E-state index contributed by atoms with van der Waals surface area (Å²) in [4.78, 5) is 8.86. The topological polar surface area (TPSA) is 47.0 Å². The van der Waals surface area contributed by atoms with E-state index in [-0.39, 0.29) is 0 Å². The van der Waals surface area contributed by atoms with Crippen LogP contribution >= 0.6 is 0 Å². The predicted octanol–water partition coefficient (Wildman–Crippen LogP) is 3.83. The molecule has 0 saturated heterocycles. The van der Waals surface area contributed by atoms with Gasteiger partial charge in [0.05, 0.1) is 0 Å². The molecule has 1 aromatic carbocycles. The summed E-state index contributed by atoms with van der Waals surface area (Å²) < 4.78 is 5.94. The van der Waals surface area contributed by atoms with Crippen LogP contribution in [0.4, 0.5) is 5.82 Å². The van der Waals surface area contributed by atoms with Crippen LogP contribution in [0.25, 0.3) is 0 Å². The van der Waals surface area contributed by atoms with Crippen molar-refractivity contribution in [2.75, 3.05) is 11.9 Å². The van der Waals surface area contributed by atoms with Crippen LogP contribution in [0.3, 0.4) is 0 Å². The monoisotopic (exact) mass is 271 g/mol. The van der Waals surface area contributed by atoms with Crippen molar-refractivity contribution < 1.29 is 4.74 Å². The van der Waals surface area contributed by atoms with Crippen LogP contribution in [0.5, 0.6) is 11.6 Å². The van der Waals surface area contributed by atoms with E-state index in [0.717, 1.165) is 36.8 Å². The highest BCUT2D eigenvalue weighted by atomic mass is 16.5. The first kappa shape index (κ1) is 14.3. The summed E-state index contributed by atoms with van der Waals surface area (Å²) in [6.45, 7) is 7.02. The number of nitrogens with one attached hydrogen (secondary N) is 1. The Kier molecular flexibility index (Phi) is 4.93. The van der Waals surface area contributed by atoms with E-state index in [1.807, 2.05) is 38.1 Å². The second kappa shape index (κ2) is 6.89. The molecule has 4 heteroatoms. The second-order valence-corrected chi connectivity index (χ2v) is 4.45. The highest BCUT2D eigenvalue weighted by molar-refractivity contribution is 5.41. The van der Waals surface area contributed by atoms with E-state index in [2.05, 4.69) is 28.3 Å². The summed E-state index contributed by atoms with van der Waals surface area (Å²) in [7, 11) is 0. The van der Waals surface area contributed by atoms with Gasteiger partial charge in [-0.05, 0) is 25.0 Å². The van der Waals surface area contributed by atoms with Gasteiger partial charge in [0.25, 0.3) is 0 Å². The Bertz CT molecular complexity index is 569. The normalized spacial score (nSPS) is 10.3. The van der Waals surface area contributed by atoms with Crippen LogP contribution in [-0.4, -0.2) is 16.5 Å². The van der Waals surface area contributed by atoms with Gasteiger partial charge in [-0.1, -0.05) is 32.0 Å². The molecule has 0 aliphatic carbocycles. The minimum absolute atomic E-state index is 0.591. The first-order valence-electron chi connectivity index (χ1n) is 7.14. The smallest absolute Gasteiger partial charge is 0.224 e. The Labute approximate surface area is 120 Å². The first-order chi connectivity index (χ1) is 9.76. The van der Waals surface area contributed by atoms with Crippen molar-refractivity contribution in [3.05, 3.63) is 41.7 Å². The average molecular weight is 271 g/mol. The number of rotatable bonds is 6. The fourth-order valence-corrected chi connectivity index (χ4v) is 1.96. The summed E-state index contributed by atoms with van der Waals surface area (Å²) in [5.41, 5.74) is 1.18. The van der Waals surface area contributed by atoms with Crippen LogP contribution in [0.1, 0.15) is 32.2 Å². The molecular formula is C16H21N3O. The summed E-state index contributed by atoms with van der Waals surface area (Å²) in [5.74, 6) is 3.04. The van der Waals surface area contributed by atoms with Crippen LogP contribution in [0.15, 0.2) is 30.3 Å². The molecule has 0 radical (unpaired) electrons. The summed E-state index contributed by atoms with van der Waals surface area (Å²) in [6.07, 6.45) is 1.72. The molecule has 1 N–H and O–H groups in total. The second-order valence-electron chi connectivity index (χ2n) is 4.45. The van der Waals surface area contributed by atoms with Gasteiger partial charge in [0, 0.05) is 19.0 Å². The predicted molar refractivity (Wildman–Crippen MR) is 81.5 cm³/mol. The SMILES string of the molecule is CCNc1cc(Oc2ccccc2CC)nc(CC)n1. The fraction of sp³-hybridized carbons (Fsp3) is 0.375. The third kappa shape index (κ3) is 3.47. The third-order valence-electron chi connectivity index (χ3n) is 2.99. The highest BCUT2D eigenvalue weighted by Gasteiger charge is 2.07. The van der Waals surface area contributed by atoms with E-state index < -0.39 is 0 Å². The fourth-order valence-electron chi connectivity index (χ4n) is 1.96. The zero-order valence-electron chi connectivity index (χ0n) is 12.3. The van der Waals surface area contributed by atoms with Crippen LogP contribution in [0, 0.1) is 0 Å². The highest BCUT2D eigenvalue weighted by Crippen LogP contribution is 2.25. The molecule has 0 bridgehead atoms. The molecule has 0 atom stereocenters. The van der Waals surface area contributed by atoms with Crippen molar-refractivity contribution in [1.29, 1.82) is 0 Å². The maximum Gasteiger partial charge on any atom is 0.224 e. The molecule has 0 amide bonds. The number of para-hydroxylation sites is 1. The van der Waals surface area contributed by atoms with Gasteiger partial charge in [-0.25, -0.2) is 4.98 Å². The Morgan fingerprint density at radius 3 is 2.55 bits per heavy atom. The Morgan fingerprint density at radius 1 is 1.05 bits per heavy atom. The number of benzene rings is 1. The lowest BCUT2D eigenvalue weighted by atomic mass is 10.1. The molecule has 0 saturated carbocycles. The van der Waals surface area contributed by atoms with E-state index in [1.165, 1.54) is 5.56 Å². The first-order valence-corrected chi connectivity index (χ1v) is 7.14.